The number of nitrogens with two attached hydrogens (primary N) is 1. The molecule has 1 aromatic rings. The third kappa shape index (κ3) is 4.52. The maximum atomic E-state index is 12.6. The van der Waals surface area contributed by atoms with Gasteiger partial charge in [0, 0.05) is 26.8 Å². The summed E-state index contributed by atoms with van der Waals surface area (Å²) in [5.74, 6) is -0.493. The molecule has 0 fully saturated rings. The normalized spacial score (nSPS) is 13.4. The van der Waals surface area contributed by atoms with Crippen LogP contribution in [0.5, 0.6) is 0 Å². The highest BCUT2D eigenvalue weighted by Gasteiger charge is 2.33. The number of likely N-dealkylation sites (N-methyl/N-ethyl adjacent to an activating group) is 1. The van der Waals surface area contributed by atoms with Gasteiger partial charge in [0.05, 0.1) is 12.7 Å². The summed E-state index contributed by atoms with van der Waals surface area (Å²) in [6, 6.07) is 0.774. The molecule has 0 aromatic carbocycles. The molecule has 0 spiro atoms. The number of nitrogen functional groups attached to an aromatic ring is 1. The lowest BCUT2D eigenvalue weighted by Gasteiger charge is -2.22. The molecule has 3 N–H and O–H groups in total. The van der Waals surface area contributed by atoms with Gasteiger partial charge in [-0.2, -0.15) is 18.2 Å². The van der Waals surface area contributed by atoms with E-state index in [4.69, 9.17) is 10.5 Å². The lowest BCUT2D eigenvalue weighted by atomic mass is 10.3. The van der Waals surface area contributed by atoms with Crippen LogP contribution in [0, 0.1) is 0 Å². The first-order valence-electron chi connectivity index (χ1n) is 5.34. The van der Waals surface area contributed by atoms with Gasteiger partial charge in [0.15, 0.2) is 5.69 Å². The largest absolute Gasteiger partial charge is 0.433 e. The Morgan fingerprint density at radius 2 is 2.11 bits per heavy atom. The van der Waals surface area contributed by atoms with Crippen molar-refractivity contribution < 1.29 is 23.0 Å². The first-order valence-corrected chi connectivity index (χ1v) is 5.34. The molecule has 0 saturated carbocycles. The van der Waals surface area contributed by atoms with Crippen LogP contribution in [0.25, 0.3) is 0 Å². The van der Waals surface area contributed by atoms with Crippen LogP contribution in [-0.2, 0) is 10.9 Å². The second-order valence-electron chi connectivity index (χ2n) is 3.96. The number of hydrogen-bond acceptors (Lipinski definition) is 6. The highest BCUT2D eigenvalue weighted by atomic mass is 19.4. The fourth-order valence-electron chi connectivity index (χ4n) is 1.45. The van der Waals surface area contributed by atoms with Crippen molar-refractivity contribution >= 4 is 11.8 Å². The van der Waals surface area contributed by atoms with Crippen molar-refractivity contribution in [3.63, 3.8) is 0 Å². The second-order valence-corrected chi connectivity index (χ2v) is 3.96. The number of methoxy groups -OCH3 is 1. The molecule has 0 bridgehead atoms. The number of halogens is 3. The number of rotatable bonds is 5. The molecule has 1 atom stereocenters. The predicted octanol–water partition coefficient (Wildman–Crippen LogP) is 0.521. The van der Waals surface area contributed by atoms with Crippen LogP contribution >= 0.6 is 0 Å². The van der Waals surface area contributed by atoms with E-state index < -0.39 is 23.9 Å². The molecule has 0 aliphatic rings. The molecule has 0 radical (unpaired) electrons. The zero-order valence-corrected chi connectivity index (χ0v) is 10.5. The average molecular weight is 280 g/mol. The van der Waals surface area contributed by atoms with E-state index >= 15 is 0 Å². The van der Waals surface area contributed by atoms with Gasteiger partial charge in [-0.1, -0.05) is 0 Å². The standard InChI is InChI=1S/C10H15F3N4O2/c1-17(4-6(18)5-19-2)8-3-7(10(11,12)13)15-9(14)16-8/h3,6,18H,4-5H2,1-2H3,(H2,14,15,16). The summed E-state index contributed by atoms with van der Waals surface area (Å²) in [5.41, 5.74) is 4.13. The molecule has 1 unspecified atom stereocenters. The maximum Gasteiger partial charge on any atom is 0.433 e. The lowest BCUT2D eigenvalue weighted by Crippen LogP contribution is -2.32. The molecule has 6 nitrogen and oxygen atoms in total. The Balaban J connectivity index is 2.91. The number of nitrogens with zero attached hydrogens (tertiary/aromatic N) is 3. The smallest absolute Gasteiger partial charge is 0.389 e. The van der Waals surface area contributed by atoms with Crippen molar-refractivity contribution in [2.24, 2.45) is 0 Å². The van der Waals surface area contributed by atoms with Gasteiger partial charge in [-0.25, -0.2) is 4.98 Å². The van der Waals surface area contributed by atoms with Crippen LogP contribution in [0.1, 0.15) is 5.69 Å². The second kappa shape index (κ2) is 6.02. The van der Waals surface area contributed by atoms with Crippen molar-refractivity contribution in [3.8, 4) is 0 Å². The number of aliphatic hydroxyl groups is 1. The van der Waals surface area contributed by atoms with E-state index in [1.165, 1.54) is 19.1 Å². The molecule has 9 heteroatoms. The van der Waals surface area contributed by atoms with Crippen LogP contribution in [0.15, 0.2) is 6.07 Å². The fraction of sp³-hybridized carbons (Fsp3) is 0.600. The Hall–Kier alpha value is -1.61. The first-order chi connectivity index (χ1) is 8.74. The number of anilines is 2. The summed E-state index contributed by atoms with van der Waals surface area (Å²) in [6.07, 6.45) is -5.45. The number of hydrogen-bond donors (Lipinski definition) is 2. The first kappa shape index (κ1) is 15.4. The number of ether oxygens (including phenoxy) is 1. The van der Waals surface area contributed by atoms with Gasteiger partial charge in [-0.15, -0.1) is 0 Å². The third-order valence-corrected chi connectivity index (χ3v) is 2.26. The highest BCUT2D eigenvalue weighted by molar-refractivity contribution is 5.43. The Kier molecular flexibility index (Phi) is 4.90. The van der Waals surface area contributed by atoms with Crippen LogP contribution in [0.4, 0.5) is 24.9 Å². The molecular weight excluding hydrogens is 265 g/mol. The minimum absolute atomic E-state index is 0.0185. The third-order valence-electron chi connectivity index (χ3n) is 2.26. The zero-order chi connectivity index (χ0) is 14.6. The van der Waals surface area contributed by atoms with Crippen LogP contribution in [-0.4, -0.2) is 48.5 Å². The monoisotopic (exact) mass is 280 g/mol. The quantitative estimate of drug-likeness (QED) is 0.818. The van der Waals surface area contributed by atoms with E-state index in [-0.39, 0.29) is 19.0 Å². The molecule has 0 saturated heterocycles. The summed E-state index contributed by atoms with van der Waals surface area (Å²) >= 11 is 0. The Bertz CT molecular complexity index is 428. The summed E-state index contributed by atoms with van der Waals surface area (Å²) in [5, 5.41) is 9.52. The van der Waals surface area contributed by atoms with E-state index in [0.29, 0.717) is 0 Å². The van der Waals surface area contributed by atoms with Gasteiger partial charge in [0.2, 0.25) is 5.95 Å². The van der Waals surface area contributed by atoms with E-state index in [0.717, 1.165) is 6.07 Å². The molecule has 108 valence electrons. The molecule has 1 rings (SSSR count). The van der Waals surface area contributed by atoms with E-state index in [1.807, 2.05) is 0 Å². The van der Waals surface area contributed by atoms with Crippen molar-refractivity contribution in [1.82, 2.24) is 9.97 Å². The van der Waals surface area contributed by atoms with Crippen LogP contribution < -0.4 is 10.6 Å². The van der Waals surface area contributed by atoms with Crippen molar-refractivity contribution in [1.29, 1.82) is 0 Å². The number of aromatic nitrogens is 2. The molecule has 0 aliphatic heterocycles. The Morgan fingerprint density at radius 1 is 1.47 bits per heavy atom. The summed E-state index contributed by atoms with van der Waals surface area (Å²) in [7, 11) is 2.90. The molecule has 19 heavy (non-hydrogen) atoms. The predicted molar refractivity (Wildman–Crippen MR) is 62.6 cm³/mol. The number of aliphatic hydroxyl groups excluding tert-OH is 1. The summed E-state index contributed by atoms with van der Waals surface area (Å²) < 4.78 is 42.4. The molecular formula is C10H15F3N4O2. The van der Waals surface area contributed by atoms with Gasteiger partial charge in [-0.05, 0) is 0 Å². The van der Waals surface area contributed by atoms with Crippen LogP contribution in [0.2, 0.25) is 0 Å². The van der Waals surface area contributed by atoms with Crippen molar-refractivity contribution in [2.45, 2.75) is 12.3 Å². The lowest BCUT2D eigenvalue weighted by molar-refractivity contribution is -0.141. The average Bonchev–Trinajstić information content (AvgIpc) is 2.27. The minimum atomic E-state index is -4.60. The Labute approximate surface area is 108 Å². The van der Waals surface area contributed by atoms with Gasteiger partial charge in [0.1, 0.15) is 5.82 Å². The maximum absolute atomic E-state index is 12.6. The highest BCUT2D eigenvalue weighted by Crippen LogP contribution is 2.29. The minimum Gasteiger partial charge on any atom is -0.389 e. The zero-order valence-electron chi connectivity index (χ0n) is 10.5. The van der Waals surface area contributed by atoms with E-state index in [1.54, 1.807) is 0 Å². The van der Waals surface area contributed by atoms with E-state index in [9.17, 15) is 18.3 Å². The molecule has 0 aliphatic carbocycles. The SMILES string of the molecule is COCC(O)CN(C)c1cc(C(F)(F)F)nc(N)n1. The van der Waals surface area contributed by atoms with Crippen molar-refractivity contribution in [2.75, 3.05) is 37.9 Å². The Morgan fingerprint density at radius 3 is 2.63 bits per heavy atom. The fourth-order valence-corrected chi connectivity index (χ4v) is 1.45. The molecule has 1 heterocycles. The van der Waals surface area contributed by atoms with Gasteiger partial charge >= 0.3 is 6.18 Å². The van der Waals surface area contributed by atoms with Gasteiger partial charge < -0.3 is 20.5 Å². The van der Waals surface area contributed by atoms with Gasteiger partial charge in [0.25, 0.3) is 0 Å². The molecule has 0 amide bonds. The topological polar surface area (TPSA) is 84.5 Å². The van der Waals surface area contributed by atoms with E-state index in [2.05, 4.69) is 9.97 Å². The van der Waals surface area contributed by atoms with Crippen molar-refractivity contribution in [3.05, 3.63) is 11.8 Å². The van der Waals surface area contributed by atoms with Gasteiger partial charge in [-0.3, -0.25) is 0 Å². The molecule has 1 aromatic heterocycles. The summed E-state index contributed by atoms with van der Waals surface area (Å²) in [6.45, 7) is 0.124. The van der Waals surface area contributed by atoms with Crippen LogP contribution in [0.3, 0.4) is 0 Å². The number of alkyl halides is 3. The summed E-state index contributed by atoms with van der Waals surface area (Å²) in [4.78, 5) is 8.18.